The molecule has 1 aliphatic rings. The molecule has 0 aromatic heterocycles. The smallest absolute Gasteiger partial charge is 0.134 e. The average Bonchev–Trinajstić information content (AvgIpc) is 2.66. The second-order valence-electron chi connectivity index (χ2n) is 8.51. The van der Waals surface area contributed by atoms with Crippen molar-refractivity contribution in [3.8, 4) is 11.1 Å². The van der Waals surface area contributed by atoms with Crippen molar-refractivity contribution in [2.75, 3.05) is 0 Å². The highest BCUT2D eigenvalue weighted by Crippen LogP contribution is 2.35. The highest BCUT2D eigenvalue weighted by Gasteiger charge is 2.21. The highest BCUT2D eigenvalue weighted by molar-refractivity contribution is 5.65. The minimum atomic E-state index is -0.854. The Morgan fingerprint density at radius 1 is 0.724 bits per heavy atom. The molecule has 0 unspecified atom stereocenters. The van der Waals surface area contributed by atoms with E-state index in [1.54, 1.807) is 0 Å². The SMILES string of the molecule is CCCCCC1CCC(CCc2cc(F)c(-c3cc(F)cc(F)c3)c(F)c2)CC1. The first-order valence-electron chi connectivity index (χ1n) is 10.9. The number of unbranched alkanes of at least 4 members (excludes halogenated alkanes) is 2. The third-order valence-corrected chi connectivity index (χ3v) is 6.28. The van der Waals surface area contributed by atoms with Crippen LogP contribution in [0.4, 0.5) is 17.6 Å². The van der Waals surface area contributed by atoms with Gasteiger partial charge in [-0.25, -0.2) is 17.6 Å². The quantitative estimate of drug-likeness (QED) is 0.306. The van der Waals surface area contributed by atoms with E-state index < -0.39 is 23.3 Å². The molecular weight excluding hydrogens is 376 g/mol. The zero-order valence-corrected chi connectivity index (χ0v) is 17.1. The third-order valence-electron chi connectivity index (χ3n) is 6.28. The van der Waals surface area contributed by atoms with Gasteiger partial charge in [-0.3, -0.25) is 0 Å². The van der Waals surface area contributed by atoms with Gasteiger partial charge in [0, 0.05) is 6.07 Å². The molecule has 4 heteroatoms. The van der Waals surface area contributed by atoms with E-state index in [1.807, 2.05) is 0 Å². The Balaban J connectivity index is 1.58. The summed E-state index contributed by atoms with van der Waals surface area (Å²) < 4.78 is 55.9. The Morgan fingerprint density at radius 3 is 1.83 bits per heavy atom. The van der Waals surface area contributed by atoms with Gasteiger partial charge in [0.2, 0.25) is 0 Å². The summed E-state index contributed by atoms with van der Waals surface area (Å²) in [5.41, 5.74) is 0.107. The predicted molar refractivity (Wildman–Crippen MR) is 110 cm³/mol. The van der Waals surface area contributed by atoms with E-state index in [0.29, 0.717) is 24.0 Å². The van der Waals surface area contributed by atoms with Gasteiger partial charge in [-0.05, 0) is 60.1 Å². The van der Waals surface area contributed by atoms with Crippen LogP contribution >= 0.6 is 0 Å². The molecule has 0 atom stereocenters. The van der Waals surface area contributed by atoms with E-state index >= 15 is 0 Å². The predicted octanol–water partition coefficient (Wildman–Crippen LogP) is 8.23. The van der Waals surface area contributed by atoms with Crippen molar-refractivity contribution in [3.63, 3.8) is 0 Å². The third kappa shape index (κ3) is 6.07. The second-order valence-corrected chi connectivity index (χ2v) is 8.51. The number of rotatable bonds is 8. The van der Waals surface area contributed by atoms with Gasteiger partial charge in [0.05, 0.1) is 5.56 Å². The summed E-state index contributed by atoms with van der Waals surface area (Å²) in [7, 11) is 0. The number of hydrogen-bond donors (Lipinski definition) is 0. The van der Waals surface area contributed by atoms with Gasteiger partial charge in [0.1, 0.15) is 23.3 Å². The minimum Gasteiger partial charge on any atom is -0.207 e. The molecule has 2 aromatic rings. The molecule has 0 spiro atoms. The highest BCUT2D eigenvalue weighted by atomic mass is 19.1. The Hall–Kier alpha value is -1.84. The number of benzene rings is 2. The zero-order valence-electron chi connectivity index (χ0n) is 17.1. The van der Waals surface area contributed by atoms with Crippen molar-refractivity contribution in [1.82, 2.24) is 0 Å². The van der Waals surface area contributed by atoms with Gasteiger partial charge in [-0.2, -0.15) is 0 Å². The molecule has 158 valence electrons. The van der Waals surface area contributed by atoms with Crippen molar-refractivity contribution in [3.05, 3.63) is 59.2 Å². The van der Waals surface area contributed by atoms with Crippen molar-refractivity contribution in [2.45, 2.75) is 71.1 Å². The Kier molecular flexibility index (Phi) is 7.74. The molecule has 1 aliphatic carbocycles. The van der Waals surface area contributed by atoms with Gasteiger partial charge in [-0.15, -0.1) is 0 Å². The summed E-state index contributed by atoms with van der Waals surface area (Å²) >= 11 is 0. The summed E-state index contributed by atoms with van der Waals surface area (Å²) in [5.74, 6) is -1.80. The van der Waals surface area contributed by atoms with E-state index in [0.717, 1.165) is 24.5 Å². The first-order valence-corrected chi connectivity index (χ1v) is 10.9. The summed E-state index contributed by atoms with van der Waals surface area (Å²) in [4.78, 5) is 0. The fourth-order valence-electron chi connectivity index (χ4n) is 4.61. The molecule has 1 saturated carbocycles. The summed E-state index contributed by atoms with van der Waals surface area (Å²) in [6.45, 7) is 2.23. The molecule has 0 aliphatic heterocycles. The fraction of sp³-hybridized carbons (Fsp3) is 0.520. The number of hydrogen-bond acceptors (Lipinski definition) is 0. The lowest BCUT2D eigenvalue weighted by Gasteiger charge is -2.28. The maximum Gasteiger partial charge on any atom is 0.134 e. The van der Waals surface area contributed by atoms with Crippen LogP contribution in [0.25, 0.3) is 11.1 Å². The fourth-order valence-corrected chi connectivity index (χ4v) is 4.61. The molecule has 0 saturated heterocycles. The van der Waals surface area contributed by atoms with Gasteiger partial charge >= 0.3 is 0 Å². The molecule has 1 fully saturated rings. The molecule has 0 heterocycles. The van der Waals surface area contributed by atoms with Crippen LogP contribution in [0.2, 0.25) is 0 Å². The molecular formula is C25H30F4. The summed E-state index contributed by atoms with van der Waals surface area (Å²) in [6, 6.07) is 5.19. The van der Waals surface area contributed by atoms with Crippen molar-refractivity contribution in [1.29, 1.82) is 0 Å². The summed E-state index contributed by atoms with van der Waals surface area (Å²) in [6.07, 6.45) is 11.7. The van der Waals surface area contributed by atoms with Crippen LogP contribution in [-0.2, 0) is 6.42 Å². The minimum absolute atomic E-state index is 0.120. The van der Waals surface area contributed by atoms with E-state index in [1.165, 1.54) is 63.5 Å². The van der Waals surface area contributed by atoms with E-state index in [4.69, 9.17) is 0 Å². The molecule has 2 aromatic carbocycles. The normalized spacial score (nSPS) is 19.5. The molecule has 3 rings (SSSR count). The molecule has 0 N–H and O–H groups in total. The molecule has 0 bridgehead atoms. The van der Waals surface area contributed by atoms with Crippen LogP contribution in [0.3, 0.4) is 0 Å². The first kappa shape index (κ1) is 21.9. The first-order chi connectivity index (χ1) is 14.0. The van der Waals surface area contributed by atoms with Gasteiger partial charge in [0.25, 0.3) is 0 Å². The standard InChI is InChI=1S/C25H30F4/c1-2-3-4-5-17-6-8-18(9-7-17)10-11-19-12-23(28)25(24(29)13-19)20-14-21(26)16-22(27)15-20/h12-18H,2-11H2,1H3. The maximum atomic E-state index is 14.5. The van der Waals surface area contributed by atoms with Gasteiger partial charge in [0.15, 0.2) is 0 Å². The van der Waals surface area contributed by atoms with Gasteiger partial charge < -0.3 is 0 Å². The molecule has 29 heavy (non-hydrogen) atoms. The largest absolute Gasteiger partial charge is 0.207 e. The Morgan fingerprint density at radius 2 is 1.28 bits per heavy atom. The molecule has 0 amide bonds. The van der Waals surface area contributed by atoms with Crippen LogP contribution in [0.1, 0.15) is 70.3 Å². The van der Waals surface area contributed by atoms with Crippen LogP contribution in [0.5, 0.6) is 0 Å². The average molecular weight is 407 g/mol. The molecule has 0 nitrogen and oxygen atoms in total. The van der Waals surface area contributed by atoms with E-state index in [-0.39, 0.29) is 11.1 Å². The van der Waals surface area contributed by atoms with Crippen LogP contribution in [-0.4, -0.2) is 0 Å². The van der Waals surface area contributed by atoms with Crippen molar-refractivity contribution < 1.29 is 17.6 Å². The number of aryl methyl sites for hydroxylation is 1. The lowest BCUT2D eigenvalue weighted by Crippen LogP contribution is -2.15. The van der Waals surface area contributed by atoms with Crippen molar-refractivity contribution >= 4 is 0 Å². The lowest BCUT2D eigenvalue weighted by atomic mass is 9.77. The van der Waals surface area contributed by atoms with Crippen LogP contribution < -0.4 is 0 Å². The maximum absolute atomic E-state index is 14.5. The van der Waals surface area contributed by atoms with E-state index in [9.17, 15) is 17.6 Å². The zero-order chi connectivity index (χ0) is 20.8. The van der Waals surface area contributed by atoms with Crippen molar-refractivity contribution in [2.24, 2.45) is 11.8 Å². The van der Waals surface area contributed by atoms with Crippen LogP contribution in [0.15, 0.2) is 30.3 Å². The molecule has 0 radical (unpaired) electrons. The van der Waals surface area contributed by atoms with Crippen LogP contribution in [0, 0.1) is 35.1 Å². The van der Waals surface area contributed by atoms with E-state index in [2.05, 4.69) is 6.92 Å². The second kappa shape index (κ2) is 10.3. The monoisotopic (exact) mass is 406 g/mol. The number of halogens is 4. The Labute approximate surface area is 171 Å². The lowest BCUT2D eigenvalue weighted by molar-refractivity contribution is 0.249. The summed E-state index contributed by atoms with van der Waals surface area (Å²) in [5, 5.41) is 0. The topological polar surface area (TPSA) is 0 Å². The van der Waals surface area contributed by atoms with Gasteiger partial charge in [-0.1, -0.05) is 58.3 Å². The Bertz CT molecular complexity index is 763.